The number of nitrogens with two attached hydrogens (primary N) is 1. The van der Waals surface area contributed by atoms with Gasteiger partial charge in [-0.05, 0) is 71.7 Å². The van der Waals surface area contributed by atoms with Crippen LogP contribution in [0.2, 0.25) is 0 Å². The molecule has 2 aromatic carbocycles. The first-order valence-electron chi connectivity index (χ1n) is 9.38. The van der Waals surface area contributed by atoms with E-state index in [9.17, 15) is 18.0 Å². The zero-order chi connectivity index (χ0) is 21.3. The van der Waals surface area contributed by atoms with E-state index in [0.717, 1.165) is 18.9 Å². The largest absolute Gasteiger partial charge is 0.350 e. The van der Waals surface area contributed by atoms with Crippen LogP contribution < -0.4 is 11.1 Å². The summed E-state index contributed by atoms with van der Waals surface area (Å²) in [5.41, 5.74) is 5.36. The van der Waals surface area contributed by atoms with E-state index in [1.165, 1.54) is 23.1 Å². The zero-order valence-electron chi connectivity index (χ0n) is 16.2. The fourth-order valence-electron chi connectivity index (χ4n) is 3.34. The van der Waals surface area contributed by atoms with E-state index in [-0.39, 0.29) is 16.9 Å². The smallest absolute Gasteiger partial charge is 0.256 e. The van der Waals surface area contributed by atoms with E-state index in [4.69, 9.17) is 5.73 Å². The molecular formula is C21H23F3IN3O. The molecule has 0 bridgehead atoms. The number of hydrogen-bond acceptors (Lipinski definition) is 3. The molecule has 3 rings (SSSR count). The standard InChI is InChI=1S/C21H23F3IN3O/c1-12(2)7-8-21(26)10-28(11-21)20(29)14-4-5-15(22)18(24)19(14)27-17-6-3-13(25)9-16(17)23/h3-6,9,12,27H,7-8,10-11,26H2,1-2H3. The Bertz CT molecular complexity index is 930. The van der Waals surface area contributed by atoms with Crippen LogP contribution in [0.4, 0.5) is 24.5 Å². The molecule has 0 atom stereocenters. The van der Waals surface area contributed by atoms with Gasteiger partial charge in [0, 0.05) is 16.7 Å². The number of likely N-dealkylation sites (tertiary alicyclic amines) is 1. The van der Waals surface area contributed by atoms with Gasteiger partial charge in [0.05, 0.1) is 22.5 Å². The van der Waals surface area contributed by atoms with Crippen LogP contribution >= 0.6 is 22.6 Å². The summed E-state index contributed by atoms with van der Waals surface area (Å²) in [5.74, 6) is -2.94. The van der Waals surface area contributed by atoms with Gasteiger partial charge in [-0.1, -0.05) is 13.8 Å². The predicted molar refractivity (Wildman–Crippen MR) is 116 cm³/mol. The lowest BCUT2D eigenvalue weighted by atomic mass is 9.83. The second-order valence-electron chi connectivity index (χ2n) is 7.99. The molecule has 3 N–H and O–H groups in total. The number of carbonyl (C=O) groups excluding carboxylic acids is 1. The monoisotopic (exact) mass is 517 g/mol. The van der Waals surface area contributed by atoms with Crippen molar-refractivity contribution >= 4 is 39.9 Å². The Morgan fingerprint density at radius 1 is 1.21 bits per heavy atom. The maximum atomic E-state index is 14.5. The van der Waals surface area contributed by atoms with E-state index in [1.807, 2.05) is 22.6 Å². The Labute approximate surface area is 181 Å². The van der Waals surface area contributed by atoms with Gasteiger partial charge in [-0.15, -0.1) is 0 Å². The van der Waals surface area contributed by atoms with Crippen molar-refractivity contribution < 1.29 is 18.0 Å². The van der Waals surface area contributed by atoms with Crippen LogP contribution in [-0.2, 0) is 0 Å². The normalized spacial score (nSPS) is 15.4. The average molecular weight is 517 g/mol. The summed E-state index contributed by atoms with van der Waals surface area (Å²) in [7, 11) is 0. The average Bonchev–Trinajstić information content (AvgIpc) is 2.63. The fourth-order valence-corrected chi connectivity index (χ4v) is 3.79. The van der Waals surface area contributed by atoms with Crippen LogP contribution in [0.1, 0.15) is 37.0 Å². The van der Waals surface area contributed by atoms with Crippen molar-refractivity contribution in [2.45, 2.75) is 32.2 Å². The third kappa shape index (κ3) is 4.85. The van der Waals surface area contributed by atoms with Crippen LogP contribution in [0.15, 0.2) is 30.3 Å². The number of halogens is 4. The third-order valence-electron chi connectivity index (χ3n) is 5.03. The van der Waals surface area contributed by atoms with Crippen LogP contribution in [0, 0.1) is 26.9 Å². The number of anilines is 2. The van der Waals surface area contributed by atoms with Crippen molar-refractivity contribution in [2.75, 3.05) is 18.4 Å². The van der Waals surface area contributed by atoms with Crippen molar-refractivity contribution in [1.82, 2.24) is 4.90 Å². The van der Waals surface area contributed by atoms with E-state index < -0.39 is 28.9 Å². The topological polar surface area (TPSA) is 58.4 Å². The summed E-state index contributed by atoms with van der Waals surface area (Å²) in [6, 6.07) is 6.40. The first-order valence-corrected chi connectivity index (χ1v) is 10.5. The maximum absolute atomic E-state index is 14.5. The Morgan fingerprint density at radius 3 is 2.52 bits per heavy atom. The Balaban J connectivity index is 1.83. The second-order valence-corrected chi connectivity index (χ2v) is 9.23. The number of carbonyl (C=O) groups is 1. The zero-order valence-corrected chi connectivity index (χ0v) is 18.4. The molecule has 1 saturated heterocycles. The molecule has 1 fully saturated rings. The van der Waals surface area contributed by atoms with Crippen LogP contribution in [0.5, 0.6) is 0 Å². The van der Waals surface area contributed by atoms with Gasteiger partial charge >= 0.3 is 0 Å². The molecule has 1 amide bonds. The summed E-state index contributed by atoms with van der Waals surface area (Å²) in [6.07, 6.45) is 1.73. The van der Waals surface area contributed by atoms with Crippen LogP contribution in [0.25, 0.3) is 0 Å². The lowest BCUT2D eigenvalue weighted by Gasteiger charge is -2.48. The van der Waals surface area contributed by atoms with Gasteiger partial charge in [-0.3, -0.25) is 4.79 Å². The number of hydrogen-bond donors (Lipinski definition) is 2. The molecule has 0 aliphatic carbocycles. The fraction of sp³-hybridized carbons (Fsp3) is 0.381. The van der Waals surface area contributed by atoms with Crippen molar-refractivity contribution in [3.63, 3.8) is 0 Å². The molecule has 1 aliphatic heterocycles. The molecule has 0 saturated carbocycles. The van der Waals surface area contributed by atoms with E-state index in [2.05, 4.69) is 19.2 Å². The highest BCUT2D eigenvalue weighted by Crippen LogP contribution is 2.32. The molecule has 0 unspecified atom stereocenters. The molecule has 1 heterocycles. The first-order chi connectivity index (χ1) is 13.6. The Kier molecular flexibility index (Phi) is 6.42. The minimum absolute atomic E-state index is 0.0438. The molecule has 156 valence electrons. The van der Waals surface area contributed by atoms with Gasteiger partial charge in [0.25, 0.3) is 5.91 Å². The molecule has 8 heteroatoms. The first kappa shape index (κ1) is 21.9. The number of benzene rings is 2. The van der Waals surface area contributed by atoms with Gasteiger partial charge < -0.3 is 16.0 Å². The van der Waals surface area contributed by atoms with Crippen molar-refractivity contribution in [3.8, 4) is 0 Å². The summed E-state index contributed by atoms with van der Waals surface area (Å²) in [4.78, 5) is 14.4. The Hall–Kier alpha value is -1.81. The van der Waals surface area contributed by atoms with Gasteiger partial charge in [-0.2, -0.15) is 0 Å². The number of rotatable bonds is 6. The summed E-state index contributed by atoms with van der Waals surface area (Å²) < 4.78 is 43.2. The summed E-state index contributed by atoms with van der Waals surface area (Å²) in [6.45, 7) is 4.89. The highest BCUT2D eigenvalue weighted by molar-refractivity contribution is 14.1. The molecule has 0 radical (unpaired) electrons. The van der Waals surface area contributed by atoms with E-state index in [1.54, 1.807) is 6.07 Å². The SMILES string of the molecule is CC(C)CCC1(N)CN(C(=O)c2ccc(F)c(F)c2Nc2ccc(I)cc2F)C1. The van der Waals surface area contributed by atoms with Crippen molar-refractivity contribution in [2.24, 2.45) is 11.7 Å². The Morgan fingerprint density at radius 2 is 1.90 bits per heavy atom. The van der Waals surface area contributed by atoms with Crippen molar-refractivity contribution in [3.05, 3.63) is 56.9 Å². The quantitative estimate of drug-likeness (QED) is 0.528. The summed E-state index contributed by atoms with van der Waals surface area (Å²) >= 11 is 1.94. The lowest BCUT2D eigenvalue weighted by Crippen LogP contribution is -2.68. The molecule has 1 aliphatic rings. The second kappa shape index (κ2) is 8.51. The molecule has 0 aromatic heterocycles. The number of amides is 1. The molecule has 29 heavy (non-hydrogen) atoms. The number of nitrogens with zero attached hydrogens (tertiary/aromatic N) is 1. The molecule has 4 nitrogen and oxygen atoms in total. The van der Waals surface area contributed by atoms with Crippen LogP contribution in [-0.4, -0.2) is 29.4 Å². The molecular weight excluding hydrogens is 494 g/mol. The number of nitrogens with one attached hydrogen (secondary N) is 1. The van der Waals surface area contributed by atoms with E-state index in [0.29, 0.717) is 22.6 Å². The van der Waals surface area contributed by atoms with Gasteiger partial charge in [0.15, 0.2) is 11.6 Å². The summed E-state index contributed by atoms with van der Waals surface area (Å²) in [5, 5.41) is 2.55. The molecule has 0 spiro atoms. The van der Waals surface area contributed by atoms with Gasteiger partial charge in [0.2, 0.25) is 0 Å². The lowest BCUT2D eigenvalue weighted by molar-refractivity contribution is 0.0375. The van der Waals surface area contributed by atoms with Crippen molar-refractivity contribution in [1.29, 1.82) is 0 Å². The minimum atomic E-state index is -1.23. The van der Waals surface area contributed by atoms with Gasteiger partial charge in [-0.25, -0.2) is 13.2 Å². The highest BCUT2D eigenvalue weighted by atomic mass is 127. The third-order valence-corrected chi connectivity index (χ3v) is 5.71. The maximum Gasteiger partial charge on any atom is 0.256 e. The highest BCUT2D eigenvalue weighted by Gasteiger charge is 2.42. The minimum Gasteiger partial charge on any atom is -0.350 e. The van der Waals surface area contributed by atoms with E-state index >= 15 is 0 Å². The van der Waals surface area contributed by atoms with Crippen LogP contribution in [0.3, 0.4) is 0 Å². The molecule has 2 aromatic rings. The predicted octanol–water partition coefficient (Wildman–Crippen LogP) is 5.04. The van der Waals surface area contributed by atoms with Gasteiger partial charge in [0.1, 0.15) is 5.82 Å².